The molecule has 1 amide bonds. The fourth-order valence-electron chi connectivity index (χ4n) is 1.14. The van der Waals surface area contributed by atoms with E-state index in [1.165, 1.54) is 12.1 Å². The van der Waals surface area contributed by atoms with Crippen LogP contribution in [0.15, 0.2) is 18.2 Å². The zero-order valence-corrected chi connectivity index (χ0v) is 8.72. The van der Waals surface area contributed by atoms with Crippen LogP contribution in [0.2, 0.25) is 0 Å². The van der Waals surface area contributed by atoms with Crippen molar-refractivity contribution in [2.45, 2.75) is 6.42 Å². The second-order valence-corrected chi connectivity index (χ2v) is 3.23. The van der Waals surface area contributed by atoms with E-state index in [4.69, 9.17) is 16.7 Å². The summed E-state index contributed by atoms with van der Waals surface area (Å²) < 4.78 is 13.3. The van der Waals surface area contributed by atoms with E-state index in [-0.39, 0.29) is 24.8 Å². The van der Waals surface area contributed by atoms with Gasteiger partial charge in [-0.1, -0.05) is 6.07 Å². The Hall–Kier alpha value is -1.13. The molecule has 1 rings (SSSR count). The summed E-state index contributed by atoms with van der Waals surface area (Å²) in [5.41, 5.74) is 0.779. The highest BCUT2D eigenvalue weighted by Gasteiger charge is 2.05. The molecule has 2 N–H and O–H groups in total. The molecule has 0 spiro atoms. The standard InChI is InChI=1S/C10H11ClFNO2/c11-6-10(15)13-8-2-1-7(3-4-14)9(12)5-8/h1-2,5,14H,3-4,6H2,(H,13,15). The highest BCUT2D eigenvalue weighted by Crippen LogP contribution is 2.14. The number of benzene rings is 1. The quantitative estimate of drug-likeness (QED) is 0.773. The molecule has 15 heavy (non-hydrogen) atoms. The van der Waals surface area contributed by atoms with E-state index in [2.05, 4.69) is 5.32 Å². The fraction of sp³-hybridized carbons (Fsp3) is 0.300. The number of amides is 1. The molecule has 0 unspecified atom stereocenters. The number of nitrogens with one attached hydrogen (secondary N) is 1. The van der Waals surface area contributed by atoms with Crippen LogP contribution in [0.25, 0.3) is 0 Å². The number of alkyl halides is 1. The molecule has 0 saturated heterocycles. The minimum absolute atomic E-state index is 0.107. The smallest absolute Gasteiger partial charge is 0.239 e. The van der Waals surface area contributed by atoms with Gasteiger partial charge in [-0.05, 0) is 24.1 Å². The van der Waals surface area contributed by atoms with Crippen LogP contribution in [0.5, 0.6) is 0 Å². The molecule has 0 aliphatic heterocycles. The summed E-state index contributed by atoms with van der Waals surface area (Å²) in [5.74, 6) is -0.998. The Kier molecular flexibility index (Phi) is 4.52. The summed E-state index contributed by atoms with van der Waals surface area (Å²) >= 11 is 5.28. The molecule has 5 heteroatoms. The van der Waals surface area contributed by atoms with Gasteiger partial charge in [0.1, 0.15) is 11.7 Å². The van der Waals surface area contributed by atoms with E-state index in [0.717, 1.165) is 0 Å². The monoisotopic (exact) mass is 231 g/mol. The van der Waals surface area contributed by atoms with Gasteiger partial charge in [-0.15, -0.1) is 11.6 Å². The number of aliphatic hydroxyl groups excluding tert-OH is 1. The van der Waals surface area contributed by atoms with Crippen LogP contribution < -0.4 is 5.32 Å². The number of aliphatic hydroxyl groups is 1. The minimum Gasteiger partial charge on any atom is -0.396 e. The number of halogens is 2. The first-order chi connectivity index (χ1) is 7.17. The molecule has 0 bridgehead atoms. The molecule has 0 radical (unpaired) electrons. The van der Waals surface area contributed by atoms with Crippen molar-refractivity contribution in [3.05, 3.63) is 29.6 Å². The first kappa shape index (κ1) is 11.9. The second kappa shape index (κ2) is 5.68. The lowest BCUT2D eigenvalue weighted by Gasteiger charge is -2.05. The largest absolute Gasteiger partial charge is 0.396 e. The van der Waals surface area contributed by atoms with Crippen molar-refractivity contribution in [3.63, 3.8) is 0 Å². The lowest BCUT2D eigenvalue weighted by atomic mass is 10.1. The number of anilines is 1. The number of rotatable bonds is 4. The number of carbonyl (C=O) groups excluding carboxylic acids is 1. The summed E-state index contributed by atoms with van der Waals surface area (Å²) in [6.07, 6.45) is 0.259. The van der Waals surface area contributed by atoms with E-state index >= 15 is 0 Å². The van der Waals surface area contributed by atoms with Crippen LogP contribution in [-0.4, -0.2) is 23.5 Å². The van der Waals surface area contributed by atoms with Crippen molar-refractivity contribution in [1.29, 1.82) is 0 Å². The molecule has 3 nitrogen and oxygen atoms in total. The molecule has 0 atom stereocenters. The minimum atomic E-state index is -0.448. The van der Waals surface area contributed by atoms with Crippen molar-refractivity contribution in [2.24, 2.45) is 0 Å². The van der Waals surface area contributed by atoms with E-state index < -0.39 is 5.82 Å². The summed E-state index contributed by atoms with van der Waals surface area (Å²) in [7, 11) is 0. The molecule has 0 saturated carbocycles. The third kappa shape index (κ3) is 3.49. The third-order valence-corrected chi connectivity index (χ3v) is 2.08. The van der Waals surface area contributed by atoms with Crippen LogP contribution >= 0.6 is 11.6 Å². The van der Waals surface area contributed by atoms with Crippen LogP contribution in [-0.2, 0) is 11.2 Å². The second-order valence-electron chi connectivity index (χ2n) is 2.96. The maximum Gasteiger partial charge on any atom is 0.239 e. The van der Waals surface area contributed by atoms with Crippen molar-refractivity contribution in [1.82, 2.24) is 0 Å². The van der Waals surface area contributed by atoms with E-state index in [1.54, 1.807) is 6.07 Å². The number of carbonyl (C=O) groups is 1. The fourth-order valence-corrected chi connectivity index (χ4v) is 1.21. The number of hydrogen-bond donors (Lipinski definition) is 2. The molecule has 0 aliphatic carbocycles. The Morgan fingerprint density at radius 1 is 1.53 bits per heavy atom. The van der Waals surface area contributed by atoms with Crippen molar-refractivity contribution in [2.75, 3.05) is 17.8 Å². The molecule has 0 fully saturated rings. The van der Waals surface area contributed by atoms with Gasteiger partial charge in [0.25, 0.3) is 0 Å². The molecule has 1 aromatic carbocycles. The van der Waals surface area contributed by atoms with E-state index in [0.29, 0.717) is 11.3 Å². The molecule has 0 heterocycles. The normalized spacial score (nSPS) is 10.1. The molecule has 0 aliphatic rings. The maximum absolute atomic E-state index is 13.3. The topological polar surface area (TPSA) is 49.3 Å². The highest BCUT2D eigenvalue weighted by molar-refractivity contribution is 6.29. The lowest BCUT2D eigenvalue weighted by Crippen LogP contribution is -2.12. The van der Waals surface area contributed by atoms with Crippen LogP contribution in [0.4, 0.5) is 10.1 Å². The Morgan fingerprint density at radius 3 is 2.80 bits per heavy atom. The number of hydrogen-bond acceptors (Lipinski definition) is 2. The first-order valence-corrected chi connectivity index (χ1v) is 4.96. The molecule has 0 aromatic heterocycles. The van der Waals surface area contributed by atoms with Crippen molar-refractivity contribution in [3.8, 4) is 0 Å². The lowest BCUT2D eigenvalue weighted by molar-refractivity contribution is -0.113. The van der Waals surface area contributed by atoms with Gasteiger partial charge in [-0.25, -0.2) is 4.39 Å². The Bertz CT molecular complexity index is 357. The van der Waals surface area contributed by atoms with Crippen LogP contribution in [0.3, 0.4) is 0 Å². The van der Waals surface area contributed by atoms with Gasteiger partial charge in [-0.3, -0.25) is 4.79 Å². The SMILES string of the molecule is O=C(CCl)Nc1ccc(CCO)c(F)c1. The Balaban J connectivity index is 2.77. The van der Waals surface area contributed by atoms with Crippen LogP contribution in [0, 0.1) is 5.82 Å². The average molecular weight is 232 g/mol. The predicted octanol–water partition coefficient (Wildman–Crippen LogP) is 1.54. The van der Waals surface area contributed by atoms with Gasteiger partial charge in [0, 0.05) is 12.3 Å². The Labute approximate surface area is 91.9 Å². The van der Waals surface area contributed by atoms with Crippen LogP contribution in [0.1, 0.15) is 5.56 Å². The molecule has 1 aromatic rings. The molecule has 82 valence electrons. The summed E-state index contributed by atoms with van der Waals surface area (Å²) in [6, 6.07) is 4.30. The van der Waals surface area contributed by atoms with E-state index in [9.17, 15) is 9.18 Å². The summed E-state index contributed by atoms with van der Waals surface area (Å²) in [6.45, 7) is -0.107. The zero-order valence-electron chi connectivity index (χ0n) is 7.96. The summed E-state index contributed by atoms with van der Waals surface area (Å²) in [5, 5.41) is 11.1. The average Bonchev–Trinajstić information content (AvgIpc) is 2.22. The summed E-state index contributed by atoms with van der Waals surface area (Å²) in [4.78, 5) is 10.9. The van der Waals surface area contributed by atoms with E-state index in [1.807, 2.05) is 0 Å². The first-order valence-electron chi connectivity index (χ1n) is 4.42. The van der Waals surface area contributed by atoms with Gasteiger partial charge in [-0.2, -0.15) is 0 Å². The van der Waals surface area contributed by atoms with Crippen molar-refractivity contribution >= 4 is 23.2 Å². The Morgan fingerprint density at radius 2 is 2.27 bits per heavy atom. The van der Waals surface area contributed by atoms with Gasteiger partial charge in [0.15, 0.2) is 0 Å². The van der Waals surface area contributed by atoms with Crippen molar-refractivity contribution < 1.29 is 14.3 Å². The van der Waals surface area contributed by atoms with Gasteiger partial charge in [0.2, 0.25) is 5.91 Å². The van der Waals surface area contributed by atoms with Gasteiger partial charge in [0.05, 0.1) is 0 Å². The molecular formula is C10H11ClFNO2. The third-order valence-electron chi connectivity index (χ3n) is 1.84. The zero-order chi connectivity index (χ0) is 11.3. The van der Waals surface area contributed by atoms with Gasteiger partial charge >= 0.3 is 0 Å². The van der Waals surface area contributed by atoms with Gasteiger partial charge < -0.3 is 10.4 Å². The molecular weight excluding hydrogens is 221 g/mol. The predicted molar refractivity (Wildman–Crippen MR) is 56.5 cm³/mol. The highest BCUT2D eigenvalue weighted by atomic mass is 35.5. The maximum atomic E-state index is 13.3.